The highest BCUT2D eigenvalue weighted by atomic mass is 35.5. The third-order valence-corrected chi connectivity index (χ3v) is 9.39. The lowest BCUT2D eigenvalue weighted by atomic mass is 9.49. The van der Waals surface area contributed by atoms with E-state index in [1.165, 1.54) is 54.5 Å². The number of hydrogen-bond acceptors (Lipinski definition) is 5. The van der Waals surface area contributed by atoms with Gasteiger partial charge < -0.3 is 9.80 Å². The highest BCUT2D eigenvalue weighted by Crippen LogP contribution is 2.59. The summed E-state index contributed by atoms with van der Waals surface area (Å²) in [4.78, 5) is 42.8. The fourth-order valence-corrected chi connectivity index (χ4v) is 6.56. The number of halogens is 2. The topological polar surface area (TPSA) is 87.0 Å². The van der Waals surface area contributed by atoms with E-state index in [2.05, 4.69) is 24.8 Å². The van der Waals surface area contributed by atoms with Crippen LogP contribution in [0.2, 0.25) is 5.02 Å². The van der Waals surface area contributed by atoms with Gasteiger partial charge in [0.2, 0.25) is 0 Å². The Morgan fingerprint density at radius 1 is 1.12 bits per heavy atom. The molecule has 2 aromatic rings. The zero-order chi connectivity index (χ0) is 28.6. The molecule has 0 N–H and O–H groups in total. The van der Waals surface area contributed by atoms with E-state index in [1.807, 2.05) is 4.90 Å². The van der Waals surface area contributed by atoms with Crippen molar-refractivity contribution in [3.8, 4) is 0 Å². The largest absolute Gasteiger partial charge is 0.336 e. The fraction of sp³-hybridized carbons (Fsp3) is 0.467. The van der Waals surface area contributed by atoms with Crippen molar-refractivity contribution < 1.29 is 18.9 Å². The molecule has 2 amide bonds. The van der Waals surface area contributed by atoms with Crippen LogP contribution >= 0.6 is 11.6 Å². The number of nitro groups is 1. The molecule has 2 fully saturated rings. The molecular weight excluding hydrogens is 535 g/mol. The van der Waals surface area contributed by atoms with Gasteiger partial charge in [0.1, 0.15) is 5.82 Å². The Balaban J connectivity index is 1.21. The molecule has 1 aliphatic heterocycles. The first kappa shape index (κ1) is 28.2. The quantitative estimate of drug-likeness (QED) is 0.246. The average Bonchev–Trinajstić information content (AvgIpc) is 2.95. The number of piperazine rings is 1. The molecule has 0 spiro atoms. The predicted octanol–water partition coefficient (Wildman–Crippen LogP) is 5.28. The molecule has 1 heterocycles. The van der Waals surface area contributed by atoms with Crippen LogP contribution in [0.15, 0.2) is 54.1 Å². The lowest BCUT2D eigenvalue weighted by molar-refractivity contribution is -0.384. The summed E-state index contributed by atoms with van der Waals surface area (Å²) >= 11 is 6.18. The second-order valence-corrected chi connectivity index (χ2v) is 12.0. The molecule has 40 heavy (non-hydrogen) atoms. The number of fused-ring (bicyclic) bond motifs is 1. The first-order valence-corrected chi connectivity index (χ1v) is 14.1. The Bertz CT molecular complexity index is 1340. The molecule has 6 rings (SSSR count). The number of benzene rings is 2. The van der Waals surface area contributed by atoms with Gasteiger partial charge >= 0.3 is 0 Å². The maximum Gasteiger partial charge on any atom is 0.270 e. The van der Waals surface area contributed by atoms with Crippen molar-refractivity contribution in [1.82, 2.24) is 14.7 Å². The number of carbonyl (C=O) groups is 2. The molecule has 0 aromatic heterocycles. The Kier molecular flexibility index (Phi) is 7.97. The van der Waals surface area contributed by atoms with E-state index in [9.17, 15) is 24.1 Å². The number of hydrogen-bond donors (Lipinski definition) is 0. The zero-order valence-electron chi connectivity index (χ0n) is 22.8. The minimum atomic E-state index is -0.544. The molecule has 1 saturated carbocycles. The predicted molar refractivity (Wildman–Crippen MR) is 151 cm³/mol. The van der Waals surface area contributed by atoms with Crippen LogP contribution < -0.4 is 0 Å². The van der Waals surface area contributed by atoms with Gasteiger partial charge in [0.05, 0.1) is 15.5 Å². The van der Waals surface area contributed by atoms with E-state index in [0.29, 0.717) is 63.2 Å². The summed E-state index contributed by atoms with van der Waals surface area (Å²) in [6, 6.07) is 9.60. The summed E-state index contributed by atoms with van der Waals surface area (Å²) < 4.78 is 13.5. The van der Waals surface area contributed by atoms with Gasteiger partial charge in [0.15, 0.2) is 0 Å². The highest BCUT2D eigenvalue weighted by molar-refractivity contribution is 6.34. The van der Waals surface area contributed by atoms with Crippen molar-refractivity contribution >= 4 is 29.1 Å². The van der Waals surface area contributed by atoms with Crippen LogP contribution in [0, 0.1) is 33.2 Å². The number of rotatable bonds is 8. The van der Waals surface area contributed by atoms with E-state index in [1.54, 1.807) is 4.90 Å². The van der Waals surface area contributed by atoms with Crippen molar-refractivity contribution in [2.75, 3.05) is 45.8 Å². The Morgan fingerprint density at radius 2 is 1.82 bits per heavy atom. The third-order valence-electron chi connectivity index (χ3n) is 9.07. The molecule has 10 heteroatoms. The number of allylic oxidation sites excluding steroid dienone is 1. The molecular formula is C30H34ClFN4O4. The van der Waals surface area contributed by atoms with E-state index in [4.69, 9.17) is 11.6 Å². The molecule has 4 aliphatic rings. The number of nitrogens with zero attached hydrogens (tertiary/aromatic N) is 4. The molecule has 3 aliphatic carbocycles. The van der Waals surface area contributed by atoms with Crippen LogP contribution in [0.1, 0.15) is 47.4 Å². The van der Waals surface area contributed by atoms with E-state index < -0.39 is 4.92 Å². The molecule has 212 valence electrons. The van der Waals surface area contributed by atoms with E-state index in [0.717, 1.165) is 6.42 Å². The summed E-state index contributed by atoms with van der Waals surface area (Å²) in [5, 5.41) is 11.0. The highest BCUT2D eigenvalue weighted by Gasteiger charge is 2.51. The van der Waals surface area contributed by atoms with Crippen molar-refractivity contribution in [3.63, 3.8) is 0 Å². The maximum atomic E-state index is 13.5. The summed E-state index contributed by atoms with van der Waals surface area (Å²) in [5.41, 5.74) is 2.14. The molecule has 8 nitrogen and oxygen atoms in total. The second kappa shape index (κ2) is 11.3. The van der Waals surface area contributed by atoms with Crippen LogP contribution in [0.3, 0.4) is 0 Å². The summed E-state index contributed by atoms with van der Waals surface area (Å²) in [6.07, 6.45) is 4.53. The normalized spacial score (nSPS) is 21.8. The van der Waals surface area contributed by atoms with Crippen LogP contribution in [0.25, 0.3) is 0 Å². The van der Waals surface area contributed by atoms with Crippen LogP contribution in [0.5, 0.6) is 0 Å². The number of amides is 2. The van der Waals surface area contributed by atoms with Crippen LogP contribution in [-0.2, 0) is 0 Å². The average molecular weight is 569 g/mol. The van der Waals surface area contributed by atoms with Gasteiger partial charge in [-0.1, -0.05) is 37.1 Å². The van der Waals surface area contributed by atoms with Gasteiger partial charge in [-0.15, -0.1) is 0 Å². The van der Waals surface area contributed by atoms with Gasteiger partial charge in [-0.3, -0.25) is 24.6 Å². The first-order chi connectivity index (χ1) is 19.0. The Hall–Kier alpha value is -3.30. The van der Waals surface area contributed by atoms with Gasteiger partial charge in [-0.2, -0.15) is 0 Å². The monoisotopic (exact) mass is 568 g/mol. The first-order valence-electron chi connectivity index (χ1n) is 13.7. The molecule has 1 saturated heterocycles. The minimum absolute atomic E-state index is 0.0644. The third kappa shape index (κ3) is 5.63. The van der Waals surface area contributed by atoms with E-state index >= 15 is 0 Å². The maximum absolute atomic E-state index is 13.5. The van der Waals surface area contributed by atoms with Crippen LogP contribution in [-0.4, -0.2) is 77.3 Å². The van der Waals surface area contributed by atoms with Crippen molar-refractivity contribution in [2.45, 2.75) is 26.7 Å². The van der Waals surface area contributed by atoms with Crippen molar-refractivity contribution in [3.05, 3.63) is 86.2 Å². The lowest BCUT2D eigenvalue weighted by Crippen LogP contribution is -2.52. The minimum Gasteiger partial charge on any atom is -0.336 e. The molecule has 0 radical (unpaired) electrons. The van der Waals surface area contributed by atoms with Crippen LogP contribution in [0.4, 0.5) is 10.1 Å². The summed E-state index contributed by atoms with van der Waals surface area (Å²) in [6.45, 7) is 8.61. The number of non-ortho nitro benzene ring substituents is 1. The smallest absolute Gasteiger partial charge is 0.270 e. The standard InChI is InChI=1S/C30H34ClFN4O4/c1-30(2)22-6-3-21(26(30)17-22)19-35(28(37)20-4-7-23(32)8-5-20)16-13-33-11-14-34(15-12-33)29(38)25-10-9-24(36(39)40)18-27(25)31/h3-5,7-10,18,22,26H,6,11-17,19H2,1-2H3. The lowest BCUT2D eigenvalue weighted by Gasteiger charge is -2.57. The van der Waals surface area contributed by atoms with E-state index in [-0.39, 0.29) is 39.3 Å². The zero-order valence-corrected chi connectivity index (χ0v) is 23.6. The van der Waals surface area contributed by atoms with Gasteiger partial charge in [0.25, 0.3) is 17.5 Å². The van der Waals surface area contributed by atoms with Crippen molar-refractivity contribution in [2.24, 2.45) is 17.3 Å². The fourth-order valence-electron chi connectivity index (χ4n) is 6.30. The van der Waals surface area contributed by atoms with Gasteiger partial charge in [0, 0.05) is 63.5 Å². The summed E-state index contributed by atoms with van der Waals surface area (Å²) in [7, 11) is 0. The molecule has 2 atom stereocenters. The Labute approximate surface area is 238 Å². The molecule has 2 bridgehead atoms. The summed E-state index contributed by atoms with van der Waals surface area (Å²) in [5.74, 6) is 0.459. The SMILES string of the molecule is CC1(C)C2CC=C(CN(CCN3CCN(C(=O)c4ccc([N+](=O)[O-])cc4Cl)CC3)C(=O)c3ccc(F)cc3)C1C2. The Morgan fingerprint density at radius 3 is 2.42 bits per heavy atom. The van der Waals surface area contributed by atoms with Gasteiger partial charge in [-0.25, -0.2) is 4.39 Å². The molecule has 2 aromatic carbocycles. The van der Waals surface area contributed by atoms with Gasteiger partial charge in [-0.05, 0) is 60.4 Å². The molecule has 2 unspecified atom stereocenters. The second-order valence-electron chi connectivity index (χ2n) is 11.6. The number of carbonyl (C=O) groups excluding carboxylic acids is 2. The van der Waals surface area contributed by atoms with Crippen molar-refractivity contribution in [1.29, 1.82) is 0 Å². The number of nitro benzene ring substituents is 1.